The number of nitrogens with one attached hydrogen (secondary N) is 1. The van der Waals surface area contributed by atoms with E-state index in [1.165, 1.54) is 5.56 Å². The number of aromatic nitrogens is 2. The Kier molecular flexibility index (Phi) is 6.00. The molecule has 1 N–H and O–H groups in total. The summed E-state index contributed by atoms with van der Waals surface area (Å²) in [5, 5.41) is 6.76. The second-order valence-corrected chi connectivity index (χ2v) is 6.41. The Morgan fingerprint density at radius 1 is 1.23 bits per heavy atom. The number of hydrogen-bond donors (Lipinski definition) is 1. The molecule has 1 aromatic heterocycles. The van der Waals surface area contributed by atoms with Crippen LogP contribution < -0.4 is 5.32 Å². The molecule has 2 heterocycles. The summed E-state index contributed by atoms with van der Waals surface area (Å²) >= 11 is 0. The maximum Gasteiger partial charge on any atom is 0.241 e. The van der Waals surface area contributed by atoms with Crippen molar-refractivity contribution in [3.8, 4) is 23.7 Å². The summed E-state index contributed by atoms with van der Waals surface area (Å²) in [6.45, 7) is 6.67. The molecule has 1 saturated heterocycles. The van der Waals surface area contributed by atoms with E-state index in [1.54, 1.807) is 0 Å². The summed E-state index contributed by atoms with van der Waals surface area (Å²) in [6.07, 6.45) is 5.14. The highest BCUT2D eigenvalue weighted by molar-refractivity contribution is 5.78. The quantitative estimate of drug-likeness (QED) is 0.778. The minimum Gasteiger partial charge on any atom is -0.344 e. The zero-order chi connectivity index (χ0) is 18.4. The Hall–Kier alpha value is -2.69. The van der Waals surface area contributed by atoms with E-state index in [-0.39, 0.29) is 12.5 Å². The summed E-state index contributed by atoms with van der Waals surface area (Å²) < 4.78 is 5.39. The Morgan fingerprint density at radius 2 is 1.92 bits per heavy atom. The van der Waals surface area contributed by atoms with Crippen LogP contribution in [0.5, 0.6) is 0 Å². The first kappa shape index (κ1) is 18.1. The summed E-state index contributed by atoms with van der Waals surface area (Å²) in [7, 11) is 0. The van der Waals surface area contributed by atoms with Gasteiger partial charge in [0, 0.05) is 31.7 Å². The van der Waals surface area contributed by atoms with Crippen LogP contribution in [0.3, 0.4) is 0 Å². The van der Waals surface area contributed by atoms with Crippen molar-refractivity contribution in [3.63, 3.8) is 0 Å². The smallest absolute Gasteiger partial charge is 0.241 e. The third-order valence-corrected chi connectivity index (χ3v) is 4.36. The largest absolute Gasteiger partial charge is 0.344 e. The Bertz CT molecular complexity index is 770. The first-order valence-electron chi connectivity index (χ1n) is 8.68. The highest BCUT2D eigenvalue weighted by atomic mass is 16.5. The van der Waals surface area contributed by atoms with Gasteiger partial charge in [0.05, 0.1) is 19.6 Å². The van der Waals surface area contributed by atoms with Crippen molar-refractivity contribution >= 4 is 5.91 Å². The molecule has 1 fully saturated rings. The van der Waals surface area contributed by atoms with Crippen molar-refractivity contribution in [1.82, 2.24) is 25.3 Å². The number of aryl methyl sites for hydroxylation is 1. The third kappa shape index (κ3) is 4.91. The van der Waals surface area contributed by atoms with Gasteiger partial charge in [-0.05, 0) is 6.92 Å². The van der Waals surface area contributed by atoms with Crippen LogP contribution >= 0.6 is 0 Å². The number of terminal acetylenes is 1. The fraction of sp³-hybridized carbons (Fsp3) is 0.421. The van der Waals surface area contributed by atoms with E-state index < -0.39 is 0 Å². The van der Waals surface area contributed by atoms with Gasteiger partial charge in [0.15, 0.2) is 0 Å². The molecule has 1 aromatic carbocycles. The summed E-state index contributed by atoms with van der Waals surface area (Å²) in [6, 6.07) is 8.05. The Balaban J connectivity index is 1.47. The fourth-order valence-corrected chi connectivity index (χ4v) is 2.84. The molecule has 26 heavy (non-hydrogen) atoms. The van der Waals surface area contributed by atoms with Crippen LogP contribution in [0.25, 0.3) is 11.4 Å². The summed E-state index contributed by atoms with van der Waals surface area (Å²) in [5.41, 5.74) is 2.15. The molecule has 1 aliphatic heterocycles. The van der Waals surface area contributed by atoms with Crippen molar-refractivity contribution in [2.24, 2.45) is 0 Å². The van der Waals surface area contributed by atoms with E-state index in [4.69, 9.17) is 10.9 Å². The zero-order valence-electron chi connectivity index (χ0n) is 14.9. The molecular formula is C19H23N5O2. The molecule has 0 bridgehead atoms. The van der Waals surface area contributed by atoms with Crippen molar-refractivity contribution in [2.45, 2.75) is 13.5 Å². The number of carbonyl (C=O) groups excluding carboxylic acids is 1. The van der Waals surface area contributed by atoms with E-state index in [0.29, 0.717) is 24.8 Å². The van der Waals surface area contributed by atoms with Crippen LogP contribution in [0.4, 0.5) is 0 Å². The molecule has 1 amide bonds. The van der Waals surface area contributed by atoms with Gasteiger partial charge in [-0.1, -0.05) is 40.9 Å². The summed E-state index contributed by atoms with van der Waals surface area (Å²) in [4.78, 5) is 20.6. The lowest BCUT2D eigenvalue weighted by molar-refractivity contribution is -0.122. The highest BCUT2D eigenvalue weighted by Gasteiger charge is 2.20. The molecule has 0 unspecified atom stereocenters. The first-order chi connectivity index (χ1) is 12.6. The lowest BCUT2D eigenvalue weighted by Crippen LogP contribution is -2.49. The third-order valence-electron chi connectivity index (χ3n) is 4.36. The predicted molar refractivity (Wildman–Crippen MR) is 98.0 cm³/mol. The van der Waals surface area contributed by atoms with Crippen LogP contribution in [0, 0.1) is 19.3 Å². The molecule has 136 valence electrons. The molecule has 3 rings (SSSR count). The van der Waals surface area contributed by atoms with Crippen molar-refractivity contribution in [2.75, 3.05) is 39.3 Å². The lowest BCUT2D eigenvalue weighted by atomic mass is 10.1. The summed E-state index contributed by atoms with van der Waals surface area (Å²) in [5.74, 6) is 3.60. The van der Waals surface area contributed by atoms with Gasteiger partial charge in [0.2, 0.25) is 17.6 Å². The zero-order valence-corrected chi connectivity index (χ0v) is 14.9. The SMILES string of the molecule is C#CCNC(=O)CN1CCN(Cc2nc(-c3ccc(C)cc3)no2)CC1. The average molecular weight is 353 g/mol. The number of nitrogens with zero attached hydrogens (tertiary/aromatic N) is 4. The highest BCUT2D eigenvalue weighted by Crippen LogP contribution is 2.17. The van der Waals surface area contributed by atoms with Gasteiger partial charge in [-0.2, -0.15) is 4.98 Å². The second kappa shape index (κ2) is 8.61. The van der Waals surface area contributed by atoms with Gasteiger partial charge in [0.1, 0.15) is 0 Å². The van der Waals surface area contributed by atoms with E-state index >= 15 is 0 Å². The molecule has 0 spiro atoms. The monoisotopic (exact) mass is 353 g/mol. The van der Waals surface area contributed by atoms with Crippen LogP contribution in [0.15, 0.2) is 28.8 Å². The number of hydrogen-bond acceptors (Lipinski definition) is 6. The van der Waals surface area contributed by atoms with Crippen LogP contribution in [0.1, 0.15) is 11.5 Å². The number of benzene rings is 1. The topological polar surface area (TPSA) is 74.5 Å². The minimum atomic E-state index is -0.0314. The average Bonchev–Trinajstić information content (AvgIpc) is 3.11. The molecule has 1 aliphatic rings. The van der Waals surface area contributed by atoms with Crippen LogP contribution in [0.2, 0.25) is 0 Å². The van der Waals surface area contributed by atoms with Gasteiger partial charge >= 0.3 is 0 Å². The van der Waals surface area contributed by atoms with Crippen molar-refractivity contribution < 1.29 is 9.32 Å². The number of carbonyl (C=O) groups is 1. The predicted octanol–water partition coefficient (Wildman–Crippen LogP) is 0.912. The molecule has 0 atom stereocenters. The lowest BCUT2D eigenvalue weighted by Gasteiger charge is -2.33. The molecule has 7 nitrogen and oxygen atoms in total. The Labute approximate surface area is 153 Å². The van der Waals surface area contributed by atoms with Gasteiger partial charge in [0.25, 0.3) is 0 Å². The van der Waals surface area contributed by atoms with Crippen molar-refractivity contribution in [1.29, 1.82) is 0 Å². The van der Waals surface area contributed by atoms with E-state index in [0.717, 1.165) is 31.7 Å². The number of amides is 1. The van der Waals surface area contributed by atoms with Gasteiger partial charge in [-0.25, -0.2) is 0 Å². The molecule has 0 saturated carbocycles. The second-order valence-electron chi connectivity index (χ2n) is 6.41. The van der Waals surface area contributed by atoms with Gasteiger partial charge in [-0.3, -0.25) is 14.6 Å². The van der Waals surface area contributed by atoms with Gasteiger partial charge < -0.3 is 9.84 Å². The normalized spacial score (nSPS) is 15.5. The van der Waals surface area contributed by atoms with E-state index in [9.17, 15) is 4.79 Å². The number of rotatable bonds is 6. The van der Waals surface area contributed by atoms with Crippen molar-refractivity contribution in [3.05, 3.63) is 35.7 Å². The van der Waals surface area contributed by atoms with Crippen LogP contribution in [-0.4, -0.2) is 65.1 Å². The molecule has 2 aromatic rings. The molecule has 7 heteroatoms. The first-order valence-corrected chi connectivity index (χ1v) is 8.68. The van der Waals surface area contributed by atoms with E-state index in [1.807, 2.05) is 31.2 Å². The molecule has 0 aliphatic carbocycles. The Morgan fingerprint density at radius 3 is 2.62 bits per heavy atom. The standard InChI is InChI=1S/C19H23N5O2/c1-3-8-20-17(25)13-23-9-11-24(12-10-23)14-18-21-19(22-26-18)16-6-4-15(2)5-7-16/h1,4-7H,8-14H2,2H3,(H,20,25). The number of piperazine rings is 1. The van der Waals surface area contributed by atoms with Gasteiger partial charge in [-0.15, -0.1) is 6.42 Å². The molecular weight excluding hydrogens is 330 g/mol. The maximum absolute atomic E-state index is 11.7. The maximum atomic E-state index is 11.7. The fourth-order valence-electron chi connectivity index (χ4n) is 2.84. The van der Waals surface area contributed by atoms with Crippen LogP contribution in [-0.2, 0) is 11.3 Å². The van der Waals surface area contributed by atoms with E-state index in [2.05, 4.69) is 31.2 Å². The minimum absolute atomic E-state index is 0.0314. The molecule has 0 radical (unpaired) electrons.